The molecule has 0 aliphatic heterocycles. The Balaban J connectivity index is 0.000000511. The molecule has 106 valence electrons. The molecule has 0 radical (unpaired) electrons. The molecule has 0 aromatic rings. The first-order valence-corrected chi connectivity index (χ1v) is 6.98. The summed E-state index contributed by atoms with van der Waals surface area (Å²) >= 11 is 0. The zero-order valence-electron chi connectivity index (χ0n) is 12.7. The SMILES string of the molecule is C/C=C(/C)C#N.C=CCC(C#N)(C=C)C1=CCCCC1. The molecule has 0 bridgehead atoms. The van der Waals surface area contributed by atoms with Gasteiger partial charge in [-0.25, -0.2) is 0 Å². The highest BCUT2D eigenvalue weighted by atomic mass is 14.4. The van der Waals surface area contributed by atoms with E-state index in [4.69, 9.17) is 5.26 Å². The van der Waals surface area contributed by atoms with Crippen LogP contribution in [-0.2, 0) is 0 Å². The van der Waals surface area contributed by atoms with Crippen molar-refractivity contribution in [3.05, 3.63) is 48.6 Å². The average molecular weight is 268 g/mol. The lowest BCUT2D eigenvalue weighted by Crippen LogP contribution is -2.19. The fourth-order valence-electron chi connectivity index (χ4n) is 2.04. The van der Waals surface area contributed by atoms with E-state index in [1.54, 1.807) is 25.2 Å². The molecule has 1 atom stereocenters. The number of hydrogen-bond donors (Lipinski definition) is 0. The van der Waals surface area contributed by atoms with E-state index in [1.807, 2.05) is 13.0 Å². The van der Waals surface area contributed by atoms with Crippen LogP contribution in [0.3, 0.4) is 0 Å². The molecule has 2 nitrogen and oxygen atoms in total. The van der Waals surface area contributed by atoms with Crippen molar-refractivity contribution in [2.45, 2.75) is 46.0 Å². The summed E-state index contributed by atoms with van der Waals surface area (Å²) in [6.07, 6.45) is 12.8. The zero-order valence-corrected chi connectivity index (χ0v) is 12.7. The smallest absolute Gasteiger partial charge is 0.0994 e. The summed E-state index contributed by atoms with van der Waals surface area (Å²) in [5.41, 5.74) is 1.53. The normalized spacial score (nSPS) is 17.2. The van der Waals surface area contributed by atoms with Crippen molar-refractivity contribution >= 4 is 0 Å². The highest BCUT2D eigenvalue weighted by Gasteiger charge is 2.29. The van der Waals surface area contributed by atoms with Gasteiger partial charge in [-0.15, -0.1) is 13.2 Å². The van der Waals surface area contributed by atoms with E-state index >= 15 is 0 Å². The number of rotatable bonds is 4. The summed E-state index contributed by atoms with van der Waals surface area (Å²) in [6.45, 7) is 11.1. The van der Waals surface area contributed by atoms with Gasteiger partial charge in [-0.1, -0.05) is 24.3 Å². The second-order valence-electron chi connectivity index (χ2n) is 4.84. The van der Waals surface area contributed by atoms with Crippen LogP contribution in [0.2, 0.25) is 0 Å². The summed E-state index contributed by atoms with van der Waals surface area (Å²) < 4.78 is 0. The van der Waals surface area contributed by atoms with E-state index in [0.717, 1.165) is 18.4 Å². The standard InChI is InChI=1S/C13H17N.C5H7N/c1-3-10-13(4-2,11-14)12-8-6-5-7-9-12;1-3-5(2)4-6/h3-4,8H,1-2,5-7,9-10H2;3H,1-2H3/b;5-3-. The van der Waals surface area contributed by atoms with Crippen LogP contribution in [0.4, 0.5) is 0 Å². The van der Waals surface area contributed by atoms with Crippen LogP contribution in [0.5, 0.6) is 0 Å². The van der Waals surface area contributed by atoms with E-state index < -0.39 is 5.41 Å². The molecule has 1 aliphatic rings. The lowest BCUT2D eigenvalue weighted by atomic mass is 9.74. The molecule has 1 rings (SSSR count). The second kappa shape index (κ2) is 9.82. The fraction of sp³-hybridized carbons (Fsp3) is 0.444. The molecular formula is C18H24N2. The van der Waals surface area contributed by atoms with E-state index in [2.05, 4.69) is 25.3 Å². The van der Waals surface area contributed by atoms with Crippen molar-refractivity contribution in [1.82, 2.24) is 0 Å². The highest BCUT2D eigenvalue weighted by molar-refractivity contribution is 5.32. The van der Waals surface area contributed by atoms with Gasteiger partial charge in [-0.3, -0.25) is 0 Å². The number of hydrogen-bond acceptors (Lipinski definition) is 2. The maximum absolute atomic E-state index is 9.25. The first-order valence-electron chi connectivity index (χ1n) is 6.98. The third-order valence-corrected chi connectivity index (χ3v) is 3.49. The zero-order chi connectivity index (χ0) is 15.4. The fourth-order valence-corrected chi connectivity index (χ4v) is 2.04. The minimum absolute atomic E-state index is 0.484. The van der Waals surface area contributed by atoms with Crippen LogP contribution in [-0.4, -0.2) is 0 Å². The molecule has 0 N–H and O–H groups in total. The molecule has 1 unspecified atom stereocenters. The molecule has 0 amide bonds. The van der Waals surface area contributed by atoms with E-state index in [9.17, 15) is 5.26 Å². The van der Waals surface area contributed by atoms with Gasteiger partial charge in [0.1, 0.15) is 0 Å². The van der Waals surface area contributed by atoms with E-state index in [0.29, 0.717) is 6.42 Å². The number of allylic oxidation sites excluding steroid dienone is 6. The third kappa shape index (κ3) is 5.29. The average Bonchev–Trinajstić information content (AvgIpc) is 2.53. The summed E-state index contributed by atoms with van der Waals surface area (Å²) in [6, 6.07) is 4.35. The molecule has 20 heavy (non-hydrogen) atoms. The number of nitrogens with zero attached hydrogens (tertiary/aromatic N) is 2. The van der Waals surface area contributed by atoms with Crippen LogP contribution in [0.25, 0.3) is 0 Å². The van der Waals surface area contributed by atoms with Gasteiger partial charge in [0.25, 0.3) is 0 Å². The molecule has 0 fully saturated rings. The molecule has 2 heteroatoms. The lowest BCUT2D eigenvalue weighted by molar-refractivity contribution is 0.542. The van der Waals surface area contributed by atoms with Crippen LogP contribution in [0, 0.1) is 28.1 Å². The Morgan fingerprint density at radius 1 is 1.40 bits per heavy atom. The topological polar surface area (TPSA) is 47.6 Å². The van der Waals surface area contributed by atoms with Crippen LogP contribution in [0.15, 0.2) is 48.6 Å². The van der Waals surface area contributed by atoms with E-state index in [1.165, 1.54) is 18.4 Å². The van der Waals surface area contributed by atoms with Gasteiger partial charge in [0.2, 0.25) is 0 Å². The van der Waals surface area contributed by atoms with Crippen molar-refractivity contribution in [3.8, 4) is 12.1 Å². The summed E-state index contributed by atoms with van der Waals surface area (Å²) in [7, 11) is 0. The largest absolute Gasteiger partial charge is 0.197 e. The molecule has 0 saturated heterocycles. The van der Waals surface area contributed by atoms with Crippen molar-refractivity contribution in [1.29, 1.82) is 10.5 Å². The second-order valence-corrected chi connectivity index (χ2v) is 4.84. The molecule has 0 spiro atoms. The van der Waals surface area contributed by atoms with Crippen molar-refractivity contribution in [2.24, 2.45) is 5.41 Å². The van der Waals surface area contributed by atoms with Gasteiger partial charge in [-0.05, 0) is 51.5 Å². The van der Waals surface area contributed by atoms with Crippen molar-refractivity contribution in [2.75, 3.05) is 0 Å². The van der Waals surface area contributed by atoms with Crippen LogP contribution < -0.4 is 0 Å². The predicted molar refractivity (Wildman–Crippen MR) is 84.7 cm³/mol. The maximum atomic E-state index is 9.25. The molecule has 1 aliphatic carbocycles. The predicted octanol–water partition coefficient (Wildman–Crippen LogP) is 5.24. The number of nitriles is 2. The van der Waals surface area contributed by atoms with Gasteiger partial charge in [-0.2, -0.15) is 10.5 Å². The summed E-state index contributed by atoms with van der Waals surface area (Å²) in [5.74, 6) is 0. The van der Waals surface area contributed by atoms with Crippen molar-refractivity contribution in [3.63, 3.8) is 0 Å². The van der Waals surface area contributed by atoms with Crippen LogP contribution >= 0.6 is 0 Å². The van der Waals surface area contributed by atoms with Gasteiger partial charge < -0.3 is 0 Å². The minimum Gasteiger partial charge on any atom is -0.197 e. The Kier molecular flexibility index (Phi) is 8.80. The third-order valence-electron chi connectivity index (χ3n) is 3.49. The molecule has 0 saturated carbocycles. The highest BCUT2D eigenvalue weighted by Crippen LogP contribution is 2.38. The Morgan fingerprint density at radius 2 is 2.10 bits per heavy atom. The van der Waals surface area contributed by atoms with E-state index in [-0.39, 0.29) is 0 Å². The minimum atomic E-state index is -0.484. The molecular weight excluding hydrogens is 244 g/mol. The monoisotopic (exact) mass is 268 g/mol. The van der Waals surface area contributed by atoms with Gasteiger partial charge in [0, 0.05) is 5.57 Å². The summed E-state index contributed by atoms with van der Waals surface area (Å²) in [4.78, 5) is 0. The maximum Gasteiger partial charge on any atom is 0.0994 e. The lowest BCUT2D eigenvalue weighted by Gasteiger charge is -2.27. The first kappa shape index (κ1) is 17.9. The first-order chi connectivity index (χ1) is 9.60. The molecule has 0 heterocycles. The summed E-state index contributed by atoms with van der Waals surface area (Å²) in [5, 5.41) is 17.3. The van der Waals surface area contributed by atoms with Crippen LogP contribution in [0.1, 0.15) is 46.0 Å². The quantitative estimate of drug-likeness (QED) is 0.517. The molecule has 0 aromatic heterocycles. The Labute approximate surface area is 123 Å². The Bertz CT molecular complexity index is 469. The van der Waals surface area contributed by atoms with Gasteiger partial charge in [0.15, 0.2) is 0 Å². The Morgan fingerprint density at radius 3 is 2.40 bits per heavy atom. The van der Waals surface area contributed by atoms with Crippen molar-refractivity contribution < 1.29 is 0 Å². The van der Waals surface area contributed by atoms with Gasteiger partial charge >= 0.3 is 0 Å². The Hall–Kier alpha value is -2.06. The van der Waals surface area contributed by atoms with Gasteiger partial charge in [0.05, 0.1) is 17.6 Å². The molecule has 0 aromatic carbocycles.